The van der Waals surface area contributed by atoms with Gasteiger partial charge in [0.25, 0.3) is 0 Å². The Morgan fingerprint density at radius 2 is 2.29 bits per heavy atom. The van der Waals surface area contributed by atoms with Crippen LogP contribution in [0.5, 0.6) is 0 Å². The van der Waals surface area contributed by atoms with Gasteiger partial charge in [-0.1, -0.05) is 13.3 Å². The molecule has 0 aliphatic carbocycles. The van der Waals surface area contributed by atoms with E-state index in [-0.39, 0.29) is 23.8 Å². The van der Waals surface area contributed by atoms with Gasteiger partial charge in [0.2, 0.25) is 11.8 Å². The van der Waals surface area contributed by atoms with E-state index < -0.39 is 0 Å². The number of likely N-dealkylation sites (tertiary alicyclic amines) is 1. The van der Waals surface area contributed by atoms with E-state index in [2.05, 4.69) is 17.3 Å². The van der Waals surface area contributed by atoms with Gasteiger partial charge >= 0.3 is 0 Å². The van der Waals surface area contributed by atoms with Crippen LogP contribution in [-0.4, -0.2) is 39.1 Å². The van der Waals surface area contributed by atoms with Crippen molar-refractivity contribution in [2.75, 3.05) is 11.9 Å². The van der Waals surface area contributed by atoms with Crippen LogP contribution in [0.1, 0.15) is 40.0 Å². The van der Waals surface area contributed by atoms with Crippen molar-refractivity contribution in [2.45, 2.75) is 52.6 Å². The molecule has 1 aliphatic rings. The molecule has 0 radical (unpaired) electrons. The molecule has 1 N–H and O–H groups in total. The summed E-state index contributed by atoms with van der Waals surface area (Å²) in [7, 11) is 0. The minimum atomic E-state index is -0.269. The van der Waals surface area contributed by atoms with Crippen LogP contribution in [0.3, 0.4) is 0 Å². The molecule has 6 heteroatoms. The molecular weight excluding hydrogens is 268 g/mol. The maximum atomic E-state index is 12.3. The fraction of sp³-hybridized carbons (Fsp3) is 0.667. The number of rotatable bonds is 6. The van der Waals surface area contributed by atoms with Crippen LogP contribution in [0.15, 0.2) is 12.3 Å². The number of hydrogen-bond donors (Lipinski definition) is 1. The third kappa shape index (κ3) is 3.62. The quantitative estimate of drug-likeness (QED) is 0.870. The summed E-state index contributed by atoms with van der Waals surface area (Å²) in [5.41, 5.74) is 0. The summed E-state index contributed by atoms with van der Waals surface area (Å²) >= 11 is 0. The summed E-state index contributed by atoms with van der Waals surface area (Å²) in [6, 6.07) is 1.94. The first-order valence-electron chi connectivity index (χ1n) is 7.65. The highest BCUT2D eigenvalue weighted by atomic mass is 16.2. The first-order valence-corrected chi connectivity index (χ1v) is 7.65. The van der Waals surface area contributed by atoms with E-state index in [1.807, 2.05) is 13.8 Å². The number of nitrogens with zero attached hydrogens (tertiary/aromatic N) is 3. The first-order chi connectivity index (χ1) is 10.0. The van der Waals surface area contributed by atoms with Gasteiger partial charge in [-0.2, -0.15) is 5.10 Å². The van der Waals surface area contributed by atoms with Crippen LogP contribution >= 0.6 is 0 Å². The maximum Gasteiger partial charge on any atom is 0.230 e. The summed E-state index contributed by atoms with van der Waals surface area (Å²) in [4.78, 5) is 26.0. The molecule has 1 aromatic heterocycles. The van der Waals surface area contributed by atoms with Crippen molar-refractivity contribution < 1.29 is 9.59 Å². The van der Waals surface area contributed by atoms with Gasteiger partial charge in [0.1, 0.15) is 5.82 Å². The highest BCUT2D eigenvalue weighted by Crippen LogP contribution is 2.21. The maximum absolute atomic E-state index is 12.3. The topological polar surface area (TPSA) is 67.2 Å². The number of aromatic nitrogens is 2. The number of carbonyl (C=O) groups is 2. The molecule has 6 nitrogen and oxygen atoms in total. The number of amides is 2. The smallest absolute Gasteiger partial charge is 0.230 e. The number of carbonyl (C=O) groups excluding carboxylic acids is 2. The third-order valence-electron chi connectivity index (χ3n) is 3.84. The van der Waals surface area contributed by atoms with E-state index in [9.17, 15) is 9.59 Å². The SMILES string of the molecule is CCCCn1nccc1NC(=O)C1CC(=O)N(C(C)C)C1. The normalized spacial score (nSPS) is 18.6. The molecule has 2 amide bonds. The van der Waals surface area contributed by atoms with Gasteiger partial charge < -0.3 is 10.2 Å². The Kier molecular flexibility index (Phi) is 4.98. The Morgan fingerprint density at radius 3 is 2.90 bits per heavy atom. The number of aryl methyl sites for hydroxylation is 1. The highest BCUT2D eigenvalue weighted by molar-refractivity contribution is 5.96. The molecule has 1 unspecified atom stereocenters. The molecule has 21 heavy (non-hydrogen) atoms. The van der Waals surface area contributed by atoms with Gasteiger partial charge in [-0.05, 0) is 20.3 Å². The van der Waals surface area contributed by atoms with Crippen molar-refractivity contribution in [3.05, 3.63) is 12.3 Å². The second kappa shape index (κ2) is 6.74. The zero-order valence-electron chi connectivity index (χ0n) is 13.0. The monoisotopic (exact) mass is 292 g/mol. The van der Waals surface area contributed by atoms with Gasteiger partial charge in [0.05, 0.1) is 12.1 Å². The van der Waals surface area contributed by atoms with Crippen LogP contribution in [-0.2, 0) is 16.1 Å². The van der Waals surface area contributed by atoms with E-state index in [1.165, 1.54) is 0 Å². The largest absolute Gasteiger partial charge is 0.339 e. The lowest BCUT2D eigenvalue weighted by molar-refractivity contribution is -0.129. The fourth-order valence-corrected chi connectivity index (χ4v) is 2.56. The molecule has 1 saturated heterocycles. The van der Waals surface area contributed by atoms with Crippen LogP contribution in [0.4, 0.5) is 5.82 Å². The zero-order valence-corrected chi connectivity index (χ0v) is 13.0. The Hall–Kier alpha value is -1.85. The lowest BCUT2D eigenvalue weighted by Crippen LogP contribution is -2.33. The summed E-state index contributed by atoms with van der Waals surface area (Å²) in [6.07, 6.45) is 4.08. The molecule has 0 saturated carbocycles. The zero-order chi connectivity index (χ0) is 15.4. The molecular formula is C15H24N4O2. The Bertz CT molecular complexity index is 510. The fourth-order valence-electron chi connectivity index (χ4n) is 2.56. The predicted octanol–water partition coefficient (Wildman–Crippen LogP) is 1.88. The van der Waals surface area contributed by atoms with E-state index in [0.717, 1.165) is 19.4 Å². The van der Waals surface area contributed by atoms with E-state index in [4.69, 9.17) is 0 Å². The Balaban J connectivity index is 1.96. The molecule has 0 aromatic carbocycles. The van der Waals surface area contributed by atoms with Crippen molar-refractivity contribution in [2.24, 2.45) is 5.92 Å². The van der Waals surface area contributed by atoms with Gasteiger partial charge in [-0.3, -0.25) is 9.59 Å². The van der Waals surface area contributed by atoms with Crippen molar-refractivity contribution in [3.63, 3.8) is 0 Å². The predicted molar refractivity (Wildman–Crippen MR) is 80.7 cm³/mol. The van der Waals surface area contributed by atoms with Crippen LogP contribution in [0, 0.1) is 5.92 Å². The van der Waals surface area contributed by atoms with Crippen molar-refractivity contribution in [1.29, 1.82) is 0 Å². The first kappa shape index (κ1) is 15.5. The van der Waals surface area contributed by atoms with Gasteiger partial charge in [-0.25, -0.2) is 4.68 Å². The molecule has 1 atom stereocenters. The highest BCUT2D eigenvalue weighted by Gasteiger charge is 2.35. The number of anilines is 1. The van der Waals surface area contributed by atoms with Crippen LogP contribution in [0.25, 0.3) is 0 Å². The van der Waals surface area contributed by atoms with Crippen LogP contribution < -0.4 is 5.32 Å². The summed E-state index contributed by atoms with van der Waals surface area (Å²) < 4.78 is 1.80. The molecule has 2 heterocycles. The number of hydrogen-bond acceptors (Lipinski definition) is 3. The van der Waals surface area contributed by atoms with Gasteiger partial charge in [0.15, 0.2) is 0 Å². The van der Waals surface area contributed by atoms with Crippen LogP contribution in [0.2, 0.25) is 0 Å². The minimum Gasteiger partial charge on any atom is -0.339 e. The molecule has 0 spiro atoms. The molecule has 116 valence electrons. The lowest BCUT2D eigenvalue weighted by Gasteiger charge is -2.20. The third-order valence-corrected chi connectivity index (χ3v) is 3.84. The van der Waals surface area contributed by atoms with Crippen molar-refractivity contribution in [3.8, 4) is 0 Å². The second-order valence-electron chi connectivity index (χ2n) is 5.82. The Labute approximate surface area is 125 Å². The number of nitrogens with one attached hydrogen (secondary N) is 1. The molecule has 1 aromatic rings. The lowest BCUT2D eigenvalue weighted by atomic mass is 10.1. The van der Waals surface area contributed by atoms with E-state index in [0.29, 0.717) is 18.8 Å². The minimum absolute atomic E-state index is 0.0599. The number of unbranched alkanes of at least 4 members (excludes halogenated alkanes) is 1. The van der Waals surface area contributed by atoms with Gasteiger partial charge in [0, 0.05) is 31.6 Å². The molecule has 1 aliphatic heterocycles. The average Bonchev–Trinajstić information content (AvgIpc) is 3.03. The van der Waals surface area contributed by atoms with E-state index >= 15 is 0 Å². The summed E-state index contributed by atoms with van der Waals surface area (Å²) in [6.45, 7) is 7.36. The molecule has 1 fully saturated rings. The van der Waals surface area contributed by atoms with E-state index in [1.54, 1.807) is 21.8 Å². The van der Waals surface area contributed by atoms with Crippen molar-refractivity contribution >= 4 is 17.6 Å². The summed E-state index contributed by atoms with van der Waals surface area (Å²) in [5, 5.41) is 7.12. The molecule has 0 bridgehead atoms. The summed E-state index contributed by atoms with van der Waals surface area (Å²) in [5.74, 6) is 0.410. The molecule has 2 rings (SSSR count). The second-order valence-corrected chi connectivity index (χ2v) is 5.82. The standard InChI is InChI=1S/C15H24N4O2/c1-4-5-8-19-13(6-7-16-19)17-15(21)12-9-14(20)18(10-12)11(2)3/h6-7,11-12H,4-5,8-10H2,1-3H3,(H,17,21). The van der Waals surface area contributed by atoms with Gasteiger partial charge in [-0.15, -0.1) is 0 Å². The average molecular weight is 292 g/mol. The van der Waals surface area contributed by atoms with Crippen molar-refractivity contribution in [1.82, 2.24) is 14.7 Å². The Morgan fingerprint density at radius 1 is 1.52 bits per heavy atom.